The van der Waals surface area contributed by atoms with Crippen LogP contribution in [-0.4, -0.2) is 23.0 Å². The van der Waals surface area contributed by atoms with E-state index in [4.69, 9.17) is 4.74 Å². The second kappa shape index (κ2) is 5.95. The molecule has 0 aliphatic heterocycles. The van der Waals surface area contributed by atoms with Crippen molar-refractivity contribution in [1.82, 2.24) is 9.97 Å². The zero-order chi connectivity index (χ0) is 13.7. The van der Waals surface area contributed by atoms with Gasteiger partial charge < -0.3 is 9.47 Å². The normalized spacial score (nSPS) is 10.0. The predicted molar refractivity (Wildman–Crippen MR) is 69.0 cm³/mol. The Kier molecular flexibility index (Phi) is 4.07. The predicted octanol–water partition coefficient (Wildman–Crippen LogP) is 2.29. The number of rotatable bonds is 4. The first-order valence-corrected chi connectivity index (χ1v) is 5.80. The van der Waals surface area contributed by atoms with Gasteiger partial charge >= 0.3 is 12.0 Å². The van der Waals surface area contributed by atoms with E-state index in [0.29, 0.717) is 5.75 Å². The van der Waals surface area contributed by atoms with Crippen molar-refractivity contribution in [2.45, 2.75) is 13.3 Å². The minimum absolute atomic E-state index is 0.211. The van der Waals surface area contributed by atoms with Crippen LogP contribution in [0.25, 0.3) is 0 Å². The zero-order valence-corrected chi connectivity index (χ0v) is 10.8. The fraction of sp³-hybridized carbons (Fsp3) is 0.214. The van der Waals surface area contributed by atoms with Gasteiger partial charge in [-0.1, -0.05) is 12.1 Å². The number of aromatic nitrogens is 2. The first kappa shape index (κ1) is 13.0. The van der Waals surface area contributed by atoms with Gasteiger partial charge in [-0.2, -0.15) is 0 Å². The second-order valence-corrected chi connectivity index (χ2v) is 3.98. The van der Waals surface area contributed by atoms with Crippen molar-refractivity contribution in [2.75, 3.05) is 7.11 Å². The van der Waals surface area contributed by atoms with Crippen LogP contribution in [0.4, 0.5) is 0 Å². The lowest BCUT2D eigenvalue weighted by molar-refractivity contribution is -0.139. The molecule has 0 aliphatic carbocycles. The van der Waals surface area contributed by atoms with Crippen molar-refractivity contribution in [3.05, 3.63) is 47.8 Å². The quantitative estimate of drug-likeness (QED) is 0.787. The molecule has 1 heterocycles. The van der Waals surface area contributed by atoms with E-state index >= 15 is 0 Å². The largest absolute Gasteiger partial charge is 0.469 e. The monoisotopic (exact) mass is 258 g/mol. The van der Waals surface area contributed by atoms with Crippen LogP contribution >= 0.6 is 0 Å². The van der Waals surface area contributed by atoms with Crippen molar-refractivity contribution in [1.29, 1.82) is 0 Å². The summed E-state index contributed by atoms with van der Waals surface area (Å²) in [6.07, 6.45) is 1.85. The number of aryl methyl sites for hydroxylation is 1. The van der Waals surface area contributed by atoms with Gasteiger partial charge in [0.1, 0.15) is 5.75 Å². The summed E-state index contributed by atoms with van der Waals surface area (Å²) in [7, 11) is 1.36. The lowest BCUT2D eigenvalue weighted by Crippen LogP contribution is -2.04. The summed E-state index contributed by atoms with van der Waals surface area (Å²) in [6.45, 7) is 1.86. The van der Waals surface area contributed by atoms with Gasteiger partial charge in [-0.25, -0.2) is 9.97 Å². The minimum Gasteiger partial charge on any atom is -0.469 e. The molecular weight excluding hydrogens is 244 g/mol. The molecule has 5 heteroatoms. The van der Waals surface area contributed by atoms with Crippen LogP contribution in [0.15, 0.2) is 36.5 Å². The smallest absolute Gasteiger partial charge is 0.322 e. The third-order valence-corrected chi connectivity index (χ3v) is 2.46. The van der Waals surface area contributed by atoms with Crippen LogP contribution in [0.5, 0.6) is 11.8 Å². The number of methoxy groups -OCH3 is 1. The average Bonchev–Trinajstić information content (AvgIpc) is 2.39. The van der Waals surface area contributed by atoms with Gasteiger partial charge in [-0.3, -0.25) is 4.79 Å². The molecule has 0 amide bonds. The molecule has 0 atom stereocenters. The summed E-state index contributed by atoms with van der Waals surface area (Å²) in [5.41, 5.74) is 1.65. The van der Waals surface area contributed by atoms with Crippen LogP contribution in [0.3, 0.4) is 0 Å². The maximum atomic E-state index is 11.2. The molecule has 0 aliphatic rings. The highest BCUT2D eigenvalue weighted by atomic mass is 16.5. The first-order chi connectivity index (χ1) is 9.17. The van der Waals surface area contributed by atoms with Crippen LogP contribution in [-0.2, 0) is 16.0 Å². The molecule has 0 saturated heterocycles. The summed E-state index contributed by atoms with van der Waals surface area (Å²) < 4.78 is 10.2. The maximum absolute atomic E-state index is 11.2. The van der Waals surface area contributed by atoms with Gasteiger partial charge in [0, 0.05) is 11.9 Å². The van der Waals surface area contributed by atoms with Crippen molar-refractivity contribution >= 4 is 5.97 Å². The van der Waals surface area contributed by atoms with Crippen LogP contribution in [0, 0.1) is 6.92 Å². The van der Waals surface area contributed by atoms with E-state index in [-0.39, 0.29) is 18.4 Å². The number of ether oxygens (including phenoxy) is 2. The zero-order valence-electron chi connectivity index (χ0n) is 10.8. The van der Waals surface area contributed by atoms with E-state index in [1.807, 2.05) is 19.1 Å². The second-order valence-electron chi connectivity index (χ2n) is 3.98. The molecule has 0 spiro atoms. The Balaban J connectivity index is 2.13. The van der Waals surface area contributed by atoms with E-state index in [2.05, 4.69) is 14.7 Å². The maximum Gasteiger partial charge on any atom is 0.322 e. The Morgan fingerprint density at radius 1 is 1.32 bits per heavy atom. The molecule has 19 heavy (non-hydrogen) atoms. The molecule has 2 aromatic rings. The summed E-state index contributed by atoms with van der Waals surface area (Å²) in [6, 6.07) is 9.27. The Hall–Kier alpha value is -2.43. The standard InChI is InChI=1S/C14H14N2O3/c1-10-6-7-15-14(16-10)19-12-5-3-4-11(8-12)9-13(17)18-2/h3-8H,9H2,1-2H3. The highest BCUT2D eigenvalue weighted by Gasteiger charge is 2.05. The summed E-state index contributed by atoms with van der Waals surface area (Å²) >= 11 is 0. The van der Waals surface area contributed by atoms with Crippen molar-refractivity contribution < 1.29 is 14.3 Å². The molecule has 0 unspecified atom stereocenters. The Labute approximate surface area is 111 Å². The van der Waals surface area contributed by atoms with Crippen LogP contribution in [0.2, 0.25) is 0 Å². The molecule has 0 N–H and O–H groups in total. The number of hydrogen-bond acceptors (Lipinski definition) is 5. The van der Waals surface area contributed by atoms with Crippen LogP contribution in [0.1, 0.15) is 11.3 Å². The third kappa shape index (κ3) is 3.77. The Morgan fingerprint density at radius 2 is 2.16 bits per heavy atom. The van der Waals surface area contributed by atoms with Crippen molar-refractivity contribution in [3.8, 4) is 11.8 Å². The fourth-order valence-corrected chi connectivity index (χ4v) is 1.54. The molecule has 5 nitrogen and oxygen atoms in total. The fourth-order valence-electron chi connectivity index (χ4n) is 1.54. The molecule has 0 radical (unpaired) electrons. The van der Waals surface area contributed by atoms with Gasteiger partial charge in [0.2, 0.25) is 0 Å². The molecule has 98 valence electrons. The first-order valence-electron chi connectivity index (χ1n) is 5.80. The van der Waals surface area contributed by atoms with Gasteiger partial charge in [-0.05, 0) is 30.7 Å². The minimum atomic E-state index is -0.288. The number of hydrogen-bond donors (Lipinski definition) is 0. The Morgan fingerprint density at radius 3 is 2.89 bits per heavy atom. The number of benzene rings is 1. The number of carbonyl (C=O) groups is 1. The molecule has 2 rings (SSSR count). The summed E-state index contributed by atoms with van der Waals surface area (Å²) in [5.74, 6) is 0.302. The third-order valence-electron chi connectivity index (χ3n) is 2.46. The van der Waals surface area contributed by atoms with Gasteiger partial charge in [0.25, 0.3) is 0 Å². The van der Waals surface area contributed by atoms with E-state index < -0.39 is 0 Å². The number of nitrogens with zero attached hydrogens (tertiary/aromatic N) is 2. The molecule has 1 aromatic heterocycles. The van der Waals surface area contributed by atoms with Crippen molar-refractivity contribution in [3.63, 3.8) is 0 Å². The lowest BCUT2D eigenvalue weighted by atomic mass is 10.1. The van der Waals surface area contributed by atoms with Crippen LogP contribution < -0.4 is 4.74 Å². The number of esters is 1. The van der Waals surface area contributed by atoms with Gasteiger partial charge in [-0.15, -0.1) is 0 Å². The summed E-state index contributed by atoms with van der Waals surface area (Å²) in [4.78, 5) is 19.4. The highest BCUT2D eigenvalue weighted by molar-refractivity contribution is 5.72. The average molecular weight is 258 g/mol. The van der Waals surface area contributed by atoms with Gasteiger partial charge in [0.15, 0.2) is 0 Å². The molecular formula is C14H14N2O3. The van der Waals surface area contributed by atoms with E-state index in [0.717, 1.165) is 11.3 Å². The number of carbonyl (C=O) groups excluding carboxylic acids is 1. The Bertz CT molecular complexity index is 584. The van der Waals surface area contributed by atoms with Crippen molar-refractivity contribution in [2.24, 2.45) is 0 Å². The molecule has 0 fully saturated rings. The molecule has 0 saturated carbocycles. The summed E-state index contributed by atoms with van der Waals surface area (Å²) in [5, 5.41) is 0. The molecule has 0 bridgehead atoms. The SMILES string of the molecule is COC(=O)Cc1cccc(Oc2nccc(C)n2)c1. The highest BCUT2D eigenvalue weighted by Crippen LogP contribution is 2.19. The topological polar surface area (TPSA) is 61.3 Å². The van der Waals surface area contributed by atoms with Gasteiger partial charge in [0.05, 0.1) is 13.5 Å². The van der Waals surface area contributed by atoms with E-state index in [1.54, 1.807) is 24.4 Å². The molecule has 1 aromatic carbocycles. The lowest BCUT2D eigenvalue weighted by Gasteiger charge is -2.06. The van der Waals surface area contributed by atoms with E-state index in [1.165, 1.54) is 7.11 Å². The van der Waals surface area contributed by atoms with E-state index in [9.17, 15) is 4.79 Å².